The maximum Gasteiger partial charge on any atom is 0.330 e. The van der Waals surface area contributed by atoms with Crippen LogP contribution in [0.3, 0.4) is 0 Å². The van der Waals surface area contributed by atoms with Gasteiger partial charge in [-0.2, -0.15) is 0 Å². The molecule has 0 amide bonds. The van der Waals surface area contributed by atoms with Crippen molar-refractivity contribution < 1.29 is 29.3 Å². The van der Waals surface area contributed by atoms with E-state index in [1.807, 2.05) is 20.8 Å². The lowest BCUT2D eigenvalue weighted by Gasteiger charge is -2.22. The second-order valence-corrected chi connectivity index (χ2v) is 6.68. The van der Waals surface area contributed by atoms with Gasteiger partial charge in [0.25, 0.3) is 0 Å². The number of hydrogen-bond donors (Lipinski definition) is 3. The van der Waals surface area contributed by atoms with E-state index in [2.05, 4.69) is 5.32 Å². The number of ether oxygens (including phenoxy) is 2. The standard InChI is InChI=1S/C18H33NO6/c1-4-9-24-14(6-3)11-13(20)10-12(5-2)17(22)25-18(23)15-7-8-16(21)19-15/h12-16,19-21H,4-11H2,1-3H3. The first-order chi connectivity index (χ1) is 11.9. The highest BCUT2D eigenvalue weighted by atomic mass is 16.6. The van der Waals surface area contributed by atoms with Gasteiger partial charge in [0.2, 0.25) is 0 Å². The SMILES string of the molecule is CCCOC(CC)CC(O)CC(CC)C(=O)OC(=O)C1CCC(O)N1. The summed E-state index contributed by atoms with van der Waals surface area (Å²) >= 11 is 0. The van der Waals surface area contributed by atoms with Crippen LogP contribution in [0.25, 0.3) is 0 Å². The van der Waals surface area contributed by atoms with E-state index in [-0.39, 0.29) is 12.5 Å². The van der Waals surface area contributed by atoms with E-state index in [4.69, 9.17) is 9.47 Å². The Balaban J connectivity index is 2.45. The minimum Gasteiger partial charge on any atom is -0.393 e. The first-order valence-corrected chi connectivity index (χ1v) is 9.40. The number of carbonyl (C=O) groups is 2. The predicted octanol–water partition coefficient (Wildman–Crippen LogP) is 1.50. The molecule has 0 radical (unpaired) electrons. The molecule has 0 bridgehead atoms. The zero-order chi connectivity index (χ0) is 18.8. The van der Waals surface area contributed by atoms with Crippen molar-refractivity contribution >= 4 is 11.9 Å². The van der Waals surface area contributed by atoms with Gasteiger partial charge in [-0.3, -0.25) is 10.1 Å². The molecule has 0 saturated carbocycles. The van der Waals surface area contributed by atoms with E-state index in [9.17, 15) is 19.8 Å². The maximum absolute atomic E-state index is 12.2. The number of rotatable bonds is 11. The monoisotopic (exact) mass is 359 g/mol. The minimum absolute atomic E-state index is 0.0331. The first kappa shape index (κ1) is 22.0. The molecular formula is C18H33NO6. The Hall–Kier alpha value is -1.02. The number of nitrogens with one attached hydrogen (secondary N) is 1. The van der Waals surface area contributed by atoms with Gasteiger partial charge < -0.3 is 19.7 Å². The Morgan fingerprint density at radius 2 is 1.88 bits per heavy atom. The van der Waals surface area contributed by atoms with E-state index >= 15 is 0 Å². The molecular weight excluding hydrogens is 326 g/mol. The van der Waals surface area contributed by atoms with Crippen molar-refractivity contribution in [2.45, 2.75) is 90.2 Å². The summed E-state index contributed by atoms with van der Waals surface area (Å²) in [6, 6.07) is -0.645. The molecule has 0 aromatic heterocycles. The largest absolute Gasteiger partial charge is 0.393 e. The van der Waals surface area contributed by atoms with Crippen molar-refractivity contribution in [1.82, 2.24) is 5.32 Å². The lowest BCUT2D eigenvalue weighted by Crippen LogP contribution is -2.38. The Morgan fingerprint density at radius 1 is 1.16 bits per heavy atom. The third-order valence-corrected chi connectivity index (χ3v) is 4.54. The average molecular weight is 359 g/mol. The number of carbonyl (C=O) groups excluding carboxylic acids is 2. The number of hydrogen-bond acceptors (Lipinski definition) is 7. The average Bonchev–Trinajstić information content (AvgIpc) is 3.02. The highest BCUT2D eigenvalue weighted by Crippen LogP contribution is 2.19. The van der Waals surface area contributed by atoms with Gasteiger partial charge in [0.1, 0.15) is 12.3 Å². The molecule has 5 atom stereocenters. The summed E-state index contributed by atoms with van der Waals surface area (Å²) in [4.78, 5) is 24.2. The van der Waals surface area contributed by atoms with Gasteiger partial charge in [0.05, 0.1) is 18.1 Å². The highest BCUT2D eigenvalue weighted by molar-refractivity contribution is 5.89. The molecule has 25 heavy (non-hydrogen) atoms. The van der Waals surface area contributed by atoms with Crippen LogP contribution in [0.15, 0.2) is 0 Å². The summed E-state index contributed by atoms with van der Waals surface area (Å²) in [5.74, 6) is -1.81. The minimum atomic E-state index is -0.731. The third kappa shape index (κ3) is 7.81. The van der Waals surface area contributed by atoms with Gasteiger partial charge >= 0.3 is 11.9 Å². The molecule has 3 N–H and O–H groups in total. The van der Waals surface area contributed by atoms with E-state index < -0.39 is 36.2 Å². The molecule has 7 heteroatoms. The number of aliphatic hydroxyl groups excluding tert-OH is 2. The molecule has 0 aromatic carbocycles. The molecule has 0 aromatic rings. The molecule has 0 aliphatic carbocycles. The van der Waals surface area contributed by atoms with E-state index in [0.717, 1.165) is 12.8 Å². The van der Waals surface area contributed by atoms with Crippen molar-refractivity contribution in [2.75, 3.05) is 6.61 Å². The quantitative estimate of drug-likeness (QED) is 0.379. The molecule has 1 saturated heterocycles. The van der Waals surface area contributed by atoms with E-state index in [0.29, 0.717) is 32.3 Å². The van der Waals surface area contributed by atoms with Crippen LogP contribution in [-0.4, -0.2) is 53.2 Å². The fourth-order valence-corrected chi connectivity index (χ4v) is 2.96. The smallest absolute Gasteiger partial charge is 0.330 e. The molecule has 1 fully saturated rings. The van der Waals surface area contributed by atoms with E-state index in [1.165, 1.54) is 0 Å². The maximum atomic E-state index is 12.2. The Morgan fingerprint density at radius 3 is 2.40 bits per heavy atom. The Kier molecular flexibility index (Phi) is 10.2. The molecule has 146 valence electrons. The second-order valence-electron chi connectivity index (χ2n) is 6.68. The summed E-state index contributed by atoms with van der Waals surface area (Å²) in [5.41, 5.74) is 0. The van der Waals surface area contributed by atoms with Crippen molar-refractivity contribution in [1.29, 1.82) is 0 Å². The van der Waals surface area contributed by atoms with Crippen LogP contribution in [0.2, 0.25) is 0 Å². The predicted molar refractivity (Wildman–Crippen MR) is 92.6 cm³/mol. The van der Waals surface area contributed by atoms with Crippen LogP contribution in [0, 0.1) is 5.92 Å². The van der Waals surface area contributed by atoms with Crippen molar-refractivity contribution in [3.05, 3.63) is 0 Å². The molecule has 1 heterocycles. The topological polar surface area (TPSA) is 105 Å². The van der Waals surface area contributed by atoms with Crippen LogP contribution in [-0.2, 0) is 19.1 Å². The van der Waals surface area contributed by atoms with Crippen LogP contribution >= 0.6 is 0 Å². The summed E-state index contributed by atoms with van der Waals surface area (Å²) in [6.45, 7) is 6.51. The van der Waals surface area contributed by atoms with Crippen LogP contribution in [0.5, 0.6) is 0 Å². The zero-order valence-electron chi connectivity index (χ0n) is 15.6. The van der Waals surface area contributed by atoms with Crippen molar-refractivity contribution in [3.8, 4) is 0 Å². The summed E-state index contributed by atoms with van der Waals surface area (Å²) < 4.78 is 10.6. The third-order valence-electron chi connectivity index (χ3n) is 4.54. The second kappa shape index (κ2) is 11.6. The zero-order valence-corrected chi connectivity index (χ0v) is 15.6. The summed E-state index contributed by atoms with van der Waals surface area (Å²) in [5, 5.41) is 22.3. The first-order valence-electron chi connectivity index (χ1n) is 9.40. The molecule has 5 unspecified atom stereocenters. The van der Waals surface area contributed by atoms with Gasteiger partial charge in [-0.15, -0.1) is 0 Å². The Labute approximate surface area is 150 Å². The molecule has 1 aliphatic rings. The fraction of sp³-hybridized carbons (Fsp3) is 0.889. The summed E-state index contributed by atoms with van der Waals surface area (Å²) in [6.07, 6.45) is 2.37. The number of esters is 2. The van der Waals surface area contributed by atoms with Crippen molar-refractivity contribution in [3.63, 3.8) is 0 Å². The molecule has 1 aliphatic heterocycles. The fourth-order valence-electron chi connectivity index (χ4n) is 2.96. The van der Waals surface area contributed by atoms with Crippen LogP contribution < -0.4 is 5.32 Å². The molecule has 7 nitrogen and oxygen atoms in total. The van der Waals surface area contributed by atoms with Crippen molar-refractivity contribution in [2.24, 2.45) is 5.92 Å². The highest BCUT2D eigenvalue weighted by Gasteiger charge is 2.32. The lowest BCUT2D eigenvalue weighted by atomic mass is 9.95. The van der Waals surface area contributed by atoms with Gasteiger partial charge in [-0.05, 0) is 44.9 Å². The summed E-state index contributed by atoms with van der Waals surface area (Å²) in [7, 11) is 0. The molecule has 1 rings (SSSR count). The molecule has 0 spiro atoms. The van der Waals surface area contributed by atoms with Gasteiger partial charge in [0.15, 0.2) is 0 Å². The van der Waals surface area contributed by atoms with E-state index in [1.54, 1.807) is 0 Å². The normalized spacial score (nSPS) is 23.9. The van der Waals surface area contributed by atoms with Gasteiger partial charge in [0, 0.05) is 6.61 Å². The van der Waals surface area contributed by atoms with Crippen LogP contribution in [0.4, 0.5) is 0 Å². The van der Waals surface area contributed by atoms with Crippen LogP contribution in [0.1, 0.15) is 65.7 Å². The Bertz CT molecular complexity index is 416. The van der Waals surface area contributed by atoms with Gasteiger partial charge in [-0.1, -0.05) is 20.8 Å². The number of aliphatic hydroxyl groups is 2. The lowest BCUT2D eigenvalue weighted by molar-refractivity contribution is -0.165. The van der Waals surface area contributed by atoms with Gasteiger partial charge in [-0.25, -0.2) is 4.79 Å².